The molecule has 0 aliphatic heterocycles. The summed E-state index contributed by atoms with van der Waals surface area (Å²) in [5.41, 5.74) is 0. The van der Waals surface area contributed by atoms with Gasteiger partial charge >= 0.3 is 172 Å². The van der Waals surface area contributed by atoms with Crippen LogP contribution in [-0.2, 0) is 14.4 Å². The van der Waals surface area contributed by atoms with Crippen molar-refractivity contribution in [2.45, 2.75) is 0 Å². The molecule has 10 heteroatoms. The van der Waals surface area contributed by atoms with Gasteiger partial charge in [-0.05, 0) is 0 Å². The maximum atomic E-state index is 10.1. The van der Waals surface area contributed by atoms with Gasteiger partial charge in [0.1, 0.15) is 0 Å². The van der Waals surface area contributed by atoms with Crippen molar-refractivity contribution in [1.82, 2.24) is 4.90 Å². The van der Waals surface area contributed by atoms with E-state index in [1.807, 2.05) is 0 Å². The average Bonchev–Trinajstić information content (AvgIpc) is 1.80. The van der Waals surface area contributed by atoms with Crippen LogP contribution in [0.5, 0.6) is 0 Å². The van der Waals surface area contributed by atoms with Crippen LogP contribution in [0.25, 0.3) is 0 Å². The fraction of sp³-hybridized carbons (Fsp3) is 0.500. The maximum absolute atomic E-state index is 10.1. The molecule has 0 spiro atoms. The van der Waals surface area contributed by atoms with Crippen LogP contribution in [0.15, 0.2) is 0 Å². The van der Waals surface area contributed by atoms with Crippen LogP contribution >= 0.6 is 0 Å². The van der Waals surface area contributed by atoms with Gasteiger partial charge in [-0.3, -0.25) is 19.3 Å². The number of rotatable bonds is 6. The van der Waals surface area contributed by atoms with Crippen LogP contribution in [0.2, 0.25) is 0 Å². The number of hydrogen-bond donors (Lipinski definition) is 3. The normalized spacial score (nSPS) is 8.06. The summed E-state index contributed by atoms with van der Waals surface area (Å²) >= 11 is 0. The van der Waals surface area contributed by atoms with Gasteiger partial charge in [-0.25, -0.2) is 0 Å². The van der Waals surface area contributed by atoms with Crippen molar-refractivity contribution in [2.75, 3.05) is 19.6 Å². The molecule has 0 bridgehead atoms. The average molecular weight is 311 g/mol. The molecule has 16 heavy (non-hydrogen) atoms. The first kappa shape index (κ1) is 27.6. The van der Waals surface area contributed by atoms with Crippen LogP contribution in [0.4, 0.5) is 0 Å². The number of nitrogens with zero attached hydrogens (tertiary/aromatic N) is 1. The van der Waals surface area contributed by atoms with E-state index in [1.54, 1.807) is 0 Å². The van der Waals surface area contributed by atoms with Gasteiger partial charge in [0.25, 0.3) is 0 Å². The Balaban J connectivity index is -0.000000240. The predicted molar refractivity (Wildman–Crippen MR) is 60.8 cm³/mol. The first-order valence-corrected chi connectivity index (χ1v) is 3.29. The molecule has 7 nitrogen and oxygen atoms in total. The second-order valence-corrected chi connectivity index (χ2v) is 2.33. The molecule has 0 saturated heterocycles. The Morgan fingerprint density at radius 2 is 0.875 bits per heavy atom. The molecular weight excluding hydrogens is 299 g/mol. The summed E-state index contributed by atoms with van der Waals surface area (Å²) in [6, 6.07) is 0. The van der Waals surface area contributed by atoms with E-state index < -0.39 is 37.5 Å². The molecule has 80 valence electrons. The third-order valence-corrected chi connectivity index (χ3v) is 1.08. The number of carbonyl (C=O) groups is 3. The molecular formula is C6H12K3NO6. The number of carboxylic acid groups (broad SMARTS) is 3. The predicted octanol–water partition coefficient (Wildman–Crippen LogP) is -3.40. The summed E-state index contributed by atoms with van der Waals surface area (Å²) in [6.45, 7) is -1.80. The molecule has 3 N–H and O–H groups in total. The Bertz CT molecular complexity index is 198. The Morgan fingerprint density at radius 1 is 0.688 bits per heavy atom. The van der Waals surface area contributed by atoms with Crippen molar-refractivity contribution in [3.63, 3.8) is 0 Å². The van der Waals surface area contributed by atoms with E-state index >= 15 is 0 Å². The van der Waals surface area contributed by atoms with Crippen molar-refractivity contribution >= 4 is 172 Å². The van der Waals surface area contributed by atoms with E-state index in [-0.39, 0.29) is 154 Å². The Labute approximate surface area is 220 Å². The first-order chi connectivity index (χ1) is 5.91. The molecule has 0 aliphatic rings. The fourth-order valence-corrected chi connectivity index (χ4v) is 0.742. The molecule has 0 heterocycles. The molecule has 0 aliphatic carbocycles. The minimum atomic E-state index is -1.26. The Morgan fingerprint density at radius 3 is 1.00 bits per heavy atom. The minimum absolute atomic E-state index is 0. The molecule has 0 aromatic heterocycles. The third-order valence-electron chi connectivity index (χ3n) is 1.08. The van der Waals surface area contributed by atoms with Gasteiger partial charge in [0, 0.05) is 0 Å². The molecule has 0 unspecified atom stereocenters. The monoisotopic (exact) mass is 311 g/mol. The van der Waals surface area contributed by atoms with Crippen molar-refractivity contribution < 1.29 is 29.7 Å². The molecule has 0 rings (SSSR count). The van der Waals surface area contributed by atoms with E-state index in [0.717, 1.165) is 4.90 Å². The van der Waals surface area contributed by atoms with Crippen molar-refractivity contribution in [1.29, 1.82) is 0 Å². The molecule has 0 aromatic rings. The van der Waals surface area contributed by atoms with Crippen molar-refractivity contribution in [3.8, 4) is 0 Å². The first-order valence-electron chi connectivity index (χ1n) is 3.29. The van der Waals surface area contributed by atoms with Gasteiger partial charge < -0.3 is 15.3 Å². The molecule has 0 aromatic carbocycles. The molecule has 0 fully saturated rings. The fourth-order valence-electron chi connectivity index (χ4n) is 0.742. The van der Waals surface area contributed by atoms with E-state index in [2.05, 4.69) is 0 Å². The second kappa shape index (κ2) is 16.3. The second-order valence-electron chi connectivity index (χ2n) is 2.33. The Kier molecular flexibility index (Phi) is 28.2. The quantitative estimate of drug-likeness (QED) is 0.438. The van der Waals surface area contributed by atoms with E-state index in [9.17, 15) is 14.4 Å². The summed E-state index contributed by atoms with van der Waals surface area (Å²) in [5, 5.41) is 24.8. The van der Waals surface area contributed by atoms with Crippen LogP contribution in [-0.4, -0.2) is 212 Å². The number of hydrogen-bond acceptors (Lipinski definition) is 4. The van der Waals surface area contributed by atoms with E-state index in [4.69, 9.17) is 15.3 Å². The zero-order valence-corrected chi connectivity index (χ0v) is 6.63. The summed E-state index contributed by atoms with van der Waals surface area (Å²) in [7, 11) is 0. The topological polar surface area (TPSA) is 115 Å². The molecule has 0 amide bonds. The van der Waals surface area contributed by atoms with E-state index in [0.29, 0.717) is 0 Å². The summed E-state index contributed by atoms with van der Waals surface area (Å²) in [5.74, 6) is -3.78. The van der Waals surface area contributed by atoms with Crippen LogP contribution in [0, 0.1) is 0 Å². The molecule has 0 atom stereocenters. The standard InChI is InChI=1S/C6H9NO6.3K.3H/c8-4(9)1-7(2-5(10)11)3-6(12)13;;;;;;/h1-3H2,(H,8,9)(H,10,11)(H,12,13);;;;;;. The van der Waals surface area contributed by atoms with Gasteiger partial charge in [-0.2, -0.15) is 0 Å². The van der Waals surface area contributed by atoms with Crippen LogP contribution < -0.4 is 0 Å². The van der Waals surface area contributed by atoms with Crippen molar-refractivity contribution in [2.24, 2.45) is 0 Å². The molecule has 0 saturated carbocycles. The van der Waals surface area contributed by atoms with E-state index in [1.165, 1.54) is 0 Å². The zero-order chi connectivity index (χ0) is 10.4. The van der Waals surface area contributed by atoms with Gasteiger partial charge in [-0.1, -0.05) is 0 Å². The Hall–Kier alpha value is 3.28. The van der Waals surface area contributed by atoms with Gasteiger partial charge in [0.2, 0.25) is 0 Å². The zero-order valence-electron chi connectivity index (χ0n) is 6.63. The number of carboxylic acids is 3. The third kappa shape index (κ3) is 19.6. The summed E-state index contributed by atoms with van der Waals surface area (Å²) in [6.07, 6.45) is 0. The van der Waals surface area contributed by atoms with Gasteiger partial charge in [0.05, 0.1) is 19.6 Å². The van der Waals surface area contributed by atoms with Crippen LogP contribution in [0.3, 0.4) is 0 Å². The summed E-state index contributed by atoms with van der Waals surface area (Å²) in [4.78, 5) is 31.2. The van der Waals surface area contributed by atoms with Gasteiger partial charge in [0.15, 0.2) is 0 Å². The number of aliphatic carboxylic acids is 3. The SMILES string of the molecule is O=C(O)CN(CC(=O)O)CC(=O)O.[KH].[KH].[KH]. The summed E-state index contributed by atoms with van der Waals surface area (Å²) < 4.78 is 0. The molecule has 0 radical (unpaired) electrons. The van der Waals surface area contributed by atoms with Crippen molar-refractivity contribution in [3.05, 3.63) is 0 Å². The van der Waals surface area contributed by atoms with Crippen LogP contribution in [0.1, 0.15) is 0 Å². The van der Waals surface area contributed by atoms with Gasteiger partial charge in [-0.15, -0.1) is 0 Å².